The van der Waals surface area contributed by atoms with Crippen LogP contribution in [0.3, 0.4) is 0 Å². The molecule has 1 aliphatic carbocycles. The number of carbonyl (C=O) groups excluding carboxylic acids is 1. The molecule has 1 aromatic carbocycles. The molecule has 2 rings (SSSR count). The van der Waals surface area contributed by atoms with Crippen molar-refractivity contribution in [2.45, 2.75) is 49.0 Å². The molecule has 0 aliphatic heterocycles. The first kappa shape index (κ1) is 15.8. The summed E-state index contributed by atoms with van der Waals surface area (Å²) in [5.41, 5.74) is -0.657. The highest BCUT2D eigenvalue weighted by Gasteiger charge is 2.33. The summed E-state index contributed by atoms with van der Waals surface area (Å²) in [6, 6.07) is 8.51. The topological polar surface area (TPSA) is 52.9 Å². The van der Waals surface area contributed by atoms with Crippen molar-refractivity contribution < 1.29 is 9.18 Å². The van der Waals surface area contributed by atoms with E-state index in [0.717, 1.165) is 37.0 Å². The van der Waals surface area contributed by atoms with Crippen LogP contribution in [-0.4, -0.2) is 17.2 Å². The van der Waals surface area contributed by atoms with Crippen molar-refractivity contribution in [1.29, 1.82) is 5.26 Å². The maximum atomic E-state index is 12.8. The standard InChI is InChI=1S/C16H19FN2OS/c17-13-4-6-14(7-5-13)21-11-8-15(20)19-16(12-18)9-2-1-3-10-16/h4-7H,1-3,8-11H2,(H,19,20). The number of nitrogens with one attached hydrogen (secondary N) is 1. The highest BCUT2D eigenvalue weighted by molar-refractivity contribution is 7.99. The van der Waals surface area contributed by atoms with E-state index < -0.39 is 5.54 Å². The Labute approximate surface area is 128 Å². The second kappa shape index (κ2) is 7.46. The number of carbonyl (C=O) groups is 1. The van der Waals surface area contributed by atoms with Crippen LogP contribution in [0.15, 0.2) is 29.2 Å². The van der Waals surface area contributed by atoms with E-state index in [-0.39, 0.29) is 11.7 Å². The molecule has 21 heavy (non-hydrogen) atoms. The van der Waals surface area contributed by atoms with Crippen molar-refractivity contribution in [1.82, 2.24) is 5.32 Å². The van der Waals surface area contributed by atoms with Gasteiger partial charge in [-0.25, -0.2) is 4.39 Å². The number of benzene rings is 1. The Kier molecular flexibility index (Phi) is 5.63. The van der Waals surface area contributed by atoms with Crippen molar-refractivity contribution in [3.05, 3.63) is 30.1 Å². The van der Waals surface area contributed by atoms with E-state index in [4.69, 9.17) is 0 Å². The molecule has 1 amide bonds. The van der Waals surface area contributed by atoms with Gasteiger partial charge in [-0.05, 0) is 37.1 Å². The molecule has 3 nitrogen and oxygen atoms in total. The molecule has 0 heterocycles. The molecule has 0 bridgehead atoms. The zero-order chi connectivity index (χ0) is 15.1. The maximum Gasteiger partial charge on any atom is 0.222 e. The predicted molar refractivity (Wildman–Crippen MR) is 81.3 cm³/mol. The van der Waals surface area contributed by atoms with Gasteiger partial charge in [-0.2, -0.15) is 5.26 Å². The van der Waals surface area contributed by atoms with Crippen LogP contribution in [-0.2, 0) is 4.79 Å². The summed E-state index contributed by atoms with van der Waals surface area (Å²) in [6.45, 7) is 0. The summed E-state index contributed by atoms with van der Waals surface area (Å²) < 4.78 is 12.8. The molecule has 0 aromatic heterocycles. The molecule has 1 aromatic rings. The van der Waals surface area contributed by atoms with Gasteiger partial charge in [-0.3, -0.25) is 4.79 Å². The quantitative estimate of drug-likeness (QED) is 0.845. The molecule has 0 saturated heterocycles. The van der Waals surface area contributed by atoms with Crippen molar-refractivity contribution in [2.75, 3.05) is 5.75 Å². The lowest BCUT2D eigenvalue weighted by molar-refractivity contribution is -0.122. The summed E-state index contributed by atoms with van der Waals surface area (Å²) in [4.78, 5) is 12.9. The van der Waals surface area contributed by atoms with Gasteiger partial charge < -0.3 is 5.32 Å². The lowest BCUT2D eigenvalue weighted by Crippen LogP contribution is -2.48. The van der Waals surface area contributed by atoms with Crippen LogP contribution in [0.1, 0.15) is 38.5 Å². The third-order valence-electron chi connectivity index (χ3n) is 3.71. The Bertz CT molecular complexity index is 518. The van der Waals surface area contributed by atoms with Crippen LogP contribution in [0.4, 0.5) is 4.39 Å². The Balaban J connectivity index is 1.76. The smallest absolute Gasteiger partial charge is 0.222 e. The maximum absolute atomic E-state index is 12.8. The first-order chi connectivity index (χ1) is 10.1. The van der Waals surface area contributed by atoms with E-state index in [1.807, 2.05) is 0 Å². The number of hydrogen-bond donors (Lipinski definition) is 1. The fourth-order valence-corrected chi connectivity index (χ4v) is 3.39. The molecule has 0 unspecified atom stereocenters. The van der Waals surface area contributed by atoms with Gasteiger partial charge in [0.25, 0.3) is 0 Å². The zero-order valence-corrected chi connectivity index (χ0v) is 12.7. The molecule has 1 aliphatic rings. The van der Waals surface area contributed by atoms with Gasteiger partial charge in [-0.15, -0.1) is 11.8 Å². The van der Waals surface area contributed by atoms with Crippen molar-refractivity contribution in [3.8, 4) is 6.07 Å². The molecule has 1 N–H and O–H groups in total. The third kappa shape index (κ3) is 4.75. The molecular weight excluding hydrogens is 287 g/mol. The fraction of sp³-hybridized carbons (Fsp3) is 0.500. The summed E-state index contributed by atoms with van der Waals surface area (Å²) in [5, 5.41) is 12.2. The molecular formula is C16H19FN2OS. The average molecular weight is 306 g/mol. The van der Waals surface area contributed by atoms with Gasteiger partial charge in [0.2, 0.25) is 5.91 Å². The van der Waals surface area contributed by atoms with Crippen molar-refractivity contribution in [2.24, 2.45) is 0 Å². The molecule has 0 atom stereocenters. The minimum absolute atomic E-state index is 0.0759. The van der Waals surface area contributed by atoms with Crippen molar-refractivity contribution in [3.63, 3.8) is 0 Å². The van der Waals surface area contributed by atoms with Gasteiger partial charge in [0, 0.05) is 17.1 Å². The number of rotatable bonds is 5. The van der Waals surface area contributed by atoms with Crippen LogP contribution >= 0.6 is 11.8 Å². The Morgan fingerprint density at radius 1 is 1.29 bits per heavy atom. The van der Waals surface area contributed by atoms with Gasteiger partial charge in [0.1, 0.15) is 11.4 Å². The van der Waals surface area contributed by atoms with Crippen LogP contribution in [0.25, 0.3) is 0 Å². The van der Waals surface area contributed by atoms with Crippen LogP contribution < -0.4 is 5.32 Å². The van der Waals surface area contributed by atoms with Gasteiger partial charge in [-0.1, -0.05) is 19.3 Å². The number of amides is 1. The number of halogens is 1. The second-order valence-corrected chi connectivity index (χ2v) is 6.52. The summed E-state index contributed by atoms with van der Waals surface area (Å²) in [7, 11) is 0. The number of hydrogen-bond acceptors (Lipinski definition) is 3. The zero-order valence-electron chi connectivity index (χ0n) is 11.9. The van der Waals surface area contributed by atoms with Crippen LogP contribution in [0, 0.1) is 17.1 Å². The molecule has 1 saturated carbocycles. The Hall–Kier alpha value is -1.54. The highest BCUT2D eigenvalue weighted by atomic mass is 32.2. The van der Waals surface area contributed by atoms with Crippen LogP contribution in [0.2, 0.25) is 0 Å². The first-order valence-electron chi connectivity index (χ1n) is 7.24. The van der Waals surface area contributed by atoms with E-state index >= 15 is 0 Å². The predicted octanol–water partition coefficient (Wildman–Crippen LogP) is 3.65. The van der Waals surface area contributed by atoms with E-state index in [0.29, 0.717) is 12.2 Å². The fourth-order valence-electron chi connectivity index (χ4n) is 2.54. The summed E-state index contributed by atoms with van der Waals surface area (Å²) in [5.74, 6) is 0.289. The monoisotopic (exact) mass is 306 g/mol. The number of nitrogens with zero attached hydrogens (tertiary/aromatic N) is 1. The second-order valence-electron chi connectivity index (χ2n) is 5.36. The normalized spacial score (nSPS) is 17.0. The Morgan fingerprint density at radius 3 is 2.57 bits per heavy atom. The van der Waals surface area contributed by atoms with E-state index in [1.54, 1.807) is 12.1 Å². The van der Waals surface area contributed by atoms with Gasteiger partial charge in [0.05, 0.1) is 6.07 Å². The largest absolute Gasteiger partial charge is 0.338 e. The number of nitriles is 1. The lowest BCUT2D eigenvalue weighted by atomic mass is 9.83. The summed E-state index contributed by atoms with van der Waals surface area (Å²) >= 11 is 1.52. The van der Waals surface area contributed by atoms with E-state index in [2.05, 4.69) is 11.4 Å². The lowest BCUT2D eigenvalue weighted by Gasteiger charge is -2.31. The number of thioether (sulfide) groups is 1. The first-order valence-corrected chi connectivity index (χ1v) is 8.23. The Morgan fingerprint density at radius 2 is 1.95 bits per heavy atom. The molecule has 112 valence electrons. The molecule has 1 fully saturated rings. The van der Waals surface area contributed by atoms with E-state index in [9.17, 15) is 14.4 Å². The minimum atomic E-state index is -0.657. The van der Waals surface area contributed by atoms with Gasteiger partial charge in [0.15, 0.2) is 0 Å². The van der Waals surface area contributed by atoms with Gasteiger partial charge >= 0.3 is 0 Å². The average Bonchev–Trinajstić information content (AvgIpc) is 2.50. The molecule has 0 radical (unpaired) electrons. The minimum Gasteiger partial charge on any atom is -0.338 e. The van der Waals surface area contributed by atoms with Crippen molar-refractivity contribution >= 4 is 17.7 Å². The SMILES string of the molecule is N#CC1(NC(=O)CCSc2ccc(F)cc2)CCCCC1. The highest BCUT2D eigenvalue weighted by Crippen LogP contribution is 2.27. The molecule has 5 heteroatoms. The third-order valence-corrected chi connectivity index (χ3v) is 4.73. The molecule has 0 spiro atoms. The summed E-state index contributed by atoms with van der Waals surface area (Å²) in [6.07, 6.45) is 5.00. The van der Waals surface area contributed by atoms with E-state index in [1.165, 1.54) is 23.9 Å². The van der Waals surface area contributed by atoms with Crippen LogP contribution in [0.5, 0.6) is 0 Å².